The summed E-state index contributed by atoms with van der Waals surface area (Å²) in [6.07, 6.45) is 5.25. The van der Waals surface area contributed by atoms with Crippen LogP contribution in [0, 0.1) is 5.82 Å². The molecular weight excluding hydrogens is 297 g/mol. The van der Waals surface area contributed by atoms with Crippen LogP contribution >= 0.6 is 0 Å². The molecule has 0 unspecified atom stereocenters. The highest BCUT2D eigenvalue weighted by atomic mass is 19.1. The molecule has 0 N–H and O–H groups in total. The van der Waals surface area contributed by atoms with Gasteiger partial charge in [-0.15, -0.1) is 0 Å². The van der Waals surface area contributed by atoms with Gasteiger partial charge in [0.2, 0.25) is 5.88 Å². The molecule has 120 valence electrons. The predicted molar refractivity (Wildman–Crippen MR) is 82.6 cm³/mol. The van der Waals surface area contributed by atoms with Gasteiger partial charge in [0.1, 0.15) is 23.4 Å². The Morgan fingerprint density at radius 2 is 2.04 bits per heavy atom. The molecule has 2 aliphatic rings. The second-order valence-corrected chi connectivity index (χ2v) is 5.89. The van der Waals surface area contributed by atoms with Crippen molar-refractivity contribution in [2.24, 2.45) is 0 Å². The summed E-state index contributed by atoms with van der Waals surface area (Å²) in [7, 11) is 0. The Kier molecular flexibility index (Phi) is 3.87. The zero-order valence-electron chi connectivity index (χ0n) is 12.8. The monoisotopic (exact) mass is 315 g/mol. The van der Waals surface area contributed by atoms with Gasteiger partial charge in [0.05, 0.1) is 19.4 Å². The van der Waals surface area contributed by atoms with Crippen LogP contribution in [0.15, 0.2) is 30.5 Å². The summed E-state index contributed by atoms with van der Waals surface area (Å²) in [5, 5.41) is 0. The van der Waals surface area contributed by atoms with Crippen LogP contribution in [0.2, 0.25) is 0 Å². The summed E-state index contributed by atoms with van der Waals surface area (Å²) in [4.78, 5) is 4.28. The smallest absolute Gasteiger partial charge is 0.219 e. The topological polar surface area (TPSA) is 40.6 Å². The van der Waals surface area contributed by atoms with Gasteiger partial charge in [-0.1, -0.05) is 0 Å². The zero-order valence-corrected chi connectivity index (χ0v) is 12.8. The molecule has 1 saturated heterocycles. The van der Waals surface area contributed by atoms with Crippen molar-refractivity contribution in [3.8, 4) is 17.4 Å². The molecule has 1 atom stereocenters. The van der Waals surface area contributed by atoms with Crippen molar-refractivity contribution >= 4 is 0 Å². The quantitative estimate of drug-likeness (QED) is 0.863. The average molecular weight is 315 g/mol. The minimum absolute atomic E-state index is 0.101. The summed E-state index contributed by atoms with van der Waals surface area (Å²) >= 11 is 0. The Morgan fingerprint density at radius 1 is 1.13 bits per heavy atom. The van der Waals surface area contributed by atoms with E-state index in [1.54, 1.807) is 18.3 Å². The van der Waals surface area contributed by atoms with E-state index in [0.29, 0.717) is 24.0 Å². The van der Waals surface area contributed by atoms with Crippen molar-refractivity contribution in [2.45, 2.75) is 31.8 Å². The normalized spacial score (nSPS) is 19.6. The summed E-state index contributed by atoms with van der Waals surface area (Å²) < 4.78 is 30.7. The molecule has 4 rings (SSSR count). The number of fused-ring (bicyclic) bond motifs is 1. The minimum atomic E-state index is -0.139. The highest BCUT2D eigenvalue weighted by Gasteiger charge is 2.20. The van der Waals surface area contributed by atoms with E-state index in [0.717, 1.165) is 43.4 Å². The number of aromatic nitrogens is 1. The van der Waals surface area contributed by atoms with Gasteiger partial charge in [-0.2, -0.15) is 0 Å². The minimum Gasteiger partial charge on any atom is -0.486 e. The van der Waals surface area contributed by atoms with Crippen molar-refractivity contribution < 1.29 is 18.6 Å². The van der Waals surface area contributed by atoms with Gasteiger partial charge >= 0.3 is 0 Å². The molecule has 23 heavy (non-hydrogen) atoms. The van der Waals surface area contributed by atoms with Crippen LogP contribution < -0.4 is 9.47 Å². The van der Waals surface area contributed by atoms with E-state index in [4.69, 9.17) is 14.2 Å². The van der Waals surface area contributed by atoms with Crippen molar-refractivity contribution in [1.29, 1.82) is 0 Å². The molecule has 2 heterocycles. The van der Waals surface area contributed by atoms with E-state index in [-0.39, 0.29) is 11.9 Å². The number of benzene rings is 1. The lowest BCUT2D eigenvalue weighted by atomic mass is 10.1. The summed E-state index contributed by atoms with van der Waals surface area (Å²) in [6, 6.07) is 6.76. The number of hydrogen-bond donors (Lipinski definition) is 0. The molecule has 1 aliphatic carbocycles. The van der Waals surface area contributed by atoms with Crippen molar-refractivity contribution in [1.82, 2.24) is 4.98 Å². The number of ether oxygens (including phenoxy) is 3. The molecular formula is C18H18FNO3. The van der Waals surface area contributed by atoms with E-state index in [9.17, 15) is 4.39 Å². The lowest BCUT2D eigenvalue weighted by Gasteiger charge is -2.13. The molecule has 5 heteroatoms. The average Bonchev–Trinajstić information content (AvgIpc) is 3.24. The van der Waals surface area contributed by atoms with Gasteiger partial charge in [0.15, 0.2) is 0 Å². The van der Waals surface area contributed by atoms with E-state index in [1.807, 2.05) is 6.07 Å². The van der Waals surface area contributed by atoms with Crippen molar-refractivity contribution in [3.05, 3.63) is 47.4 Å². The van der Waals surface area contributed by atoms with Gasteiger partial charge in [-0.05, 0) is 43.0 Å². The second kappa shape index (κ2) is 6.16. The van der Waals surface area contributed by atoms with Crippen molar-refractivity contribution in [2.75, 3.05) is 13.2 Å². The van der Waals surface area contributed by atoms with Gasteiger partial charge in [0.25, 0.3) is 0 Å². The van der Waals surface area contributed by atoms with Crippen LogP contribution in [0.25, 0.3) is 0 Å². The summed E-state index contributed by atoms with van der Waals surface area (Å²) in [6.45, 7) is 1.37. The molecule has 4 nitrogen and oxygen atoms in total. The van der Waals surface area contributed by atoms with Gasteiger partial charge in [0, 0.05) is 18.1 Å². The first-order chi connectivity index (χ1) is 11.3. The molecule has 2 aromatic rings. The molecule has 0 amide bonds. The molecule has 1 aromatic carbocycles. The van der Waals surface area contributed by atoms with E-state index >= 15 is 0 Å². The molecule has 0 radical (unpaired) electrons. The maximum absolute atomic E-state index is 13.8. The Hall–Kier alpha value is -2.14. The highest BCUT2D eigenvalue weighted by Crippen LogP contribution is 2.34. The first-order valence-electron chi connectivity index (χ1n) is 7.98. The lowest BCUT2D eigenvalue weighted by Crippen LogP contribution is -2.15. The second-order valence-electron chi connectivity index (χ2n) is 5.89. The van der Waals surface area contributed by atoms with Crippen LogP contribution in [-0.4, -0.2) is 24.3 Å². The summed E-state index contributed by atoms with van der Waals surface area (Å²) in [5.41, 5.74) is 1.75. The van der Waals surface area contributed by atoms with Crippen LogP contribution in [-0.2, 0) is 17.6 Å². The maximum Gasteiger partial charge on any atom is 0.219 e. The standard InChI is InChI=1S/C18H18FNO3/c19-16-5-6-17(15-3-1-2-14(15)16)23-18-7-4-12(10-20-18)22-13-8-9-21-11-13/h4-7,10,13H,1-3,8-9,11H2/t13-/m0/s1. The number of nitrogens with zero attached hydrogens (tertiary/aromatic N) is 1. The molecule has 1 aromatic heterocycles. The van der Waals surface area contributed by atoms with E-state index in [1.165, 1.54) is 6.07 Å². The summed E-state index contributed by atoms with van der Waals surface area (Å²) in [5.74, 6) is 1.75. The zero-order chi connectivity index (χ0) is 15.6. The third kappa shape index (κ3) is 3.01. The fourth-order valence-electron chi connectivity index (χ4n) is 3.13. The Morgan fingerprint density at radius 3 is 2.83 bits per heavy atom. The van der Waals surface area contributed by atoms with Crippen LogP contribution in [0.3, 0.4) is 0 Å². The third-order valence-corrected chi connectivity index (χ3v) is 4.30. The first kappa shape index (κ1) is 14.5. The highest BCUT2D eigenvalue weighted by molar-refractivity contribution is 5.45. The van der Waals surface area contributed by atoms with Crippen LogP contribution in [0.4, 0.5) is 4.39 Å². The number of pyridine rings is 1. The largest absolute Gasteiger partial charge is 0.486 e. The fourth-order valence-corrected chi connectivity index (χ4v) is 3.13. The van der Waals surface area contributed by atoms with Gasteiger partial charge in [-0.3, -0.25) is 0 Å². The third-order valence-electron chi connectivity index (χ3n) is 4.30. The first-order valence-corrected chi connectivity index (χ1v) is 7.98. The van der Waals surface area contributed by atoms with Crippen LogP contribution in [0.1, 0.15) is 24.0 Å². The Balaban J connectivity index is 1.48. The number of halogens is 1. The van der Waals surface area contributed by atoms with Gasteiger partial charge in [-0.25, -0.2) is 9.37 Å². The maximum atomic E-state index is 13.8. The van der Waals surface area contributed by atoms with E-state index in [2.05, 4.69) is 4.98 Å². The fraction of sp³-hybridized carbons (Fsp3) is 0.389. The lowest BCUT2D eigenvalue weighted by molar-refractivity contribution is 0.141. The van der Waals surface area contributed by atoms with Crippen LogP contribution in [0.5, 0.6) is 17.4 Å². The molecule has 1 fully saturated rings. The molecule has 0 bridgehead atoms. The number of rotatable bonds is 4. The molecule has 1 aliphatic heterocycles. The number of hydrogen-bond acceptors (Lipinski definition) is 4. The Labute approximate surface area is 134 Å². The molecule has 0 saturated carbocycles. The Bertz CT molecular complexity index is 696. The van der Waals surface area contributed by atoms with Crippen molar-refractivity contribution in [3.63, 3.8) is 0 Å². The van der Waals surface area contributed by atoms with E-state index < -0.39 is 0 Å². The predicted octanol–water partition coefficient (Wildman–Crippen LogP) is 3.67. The molecule has 0 spiro atoms. The van der Waals surface area contributed by atoms with Gasteiger partial charge < -0.3 is 14.2 Å². The SMILES string of the molecule is Fc1ccc(Oc2ccc(O[C@H]3CCOC3)cn2)c2c1CCC2.